The van der Waals surface area contributed by atoms with Crippen molar-refractivity contribution >= 4 is 23.1 Å². The van der Waals surface area contributed by atoms with E-state index in [9.17, 15) is 0 Å². The molecule has 132 valence electrons. The molecule has 0 N–H and O–H groups in total. The Morgan fingerprint density at radius 3 is 3.04 bits per heavy atom. The Hall–Kier alpha value is -1.64. The van der Waals surface area contributed by atoms with Crippen LogP contribution in [0.2, 0.25) is 0 Å². The zero-order valence-corrected chi connectivity index (χ0v) is 15.9. The average Bonchev–Trinajstić information content (AvgIpc) is 3.38. The lowest BCUT2D eigenvalue weighted by molar-refractivity contribution is 0.0945. The van der Waals surface area contributed by atoms with E-state index in [0.717, 1.165) is 41.7 Å². The van der Waals surface area contributed by atoms with Crippen molar-refractivity contribution < 1.29 is 9.26 Å². The third-order valence-corrected chi connectivity index (χ3v) is 6.19. The summed E-state index contributed by atoms with van der Waals surface area (Å²) in [5, 5.41) is 7.08. The van der Waals surface area contributed by atoms with Gasteiger partial charge in [-0.25, -0.2) is 4.98 Å². The molecule has 1 saturated heterocycles. The fourth-order valence-electron chi connectivity index (χ4n) is 2.88. The normalized spacial score (nSPS) is 17.4. The van der Waals surface area contributed by atoms with Crippen molar-refractivity contribution in [3.05, 3.63) is 34.7 Å². The summed E-state index contributed by atoms with van der Waals surface area (Å²) in [6.07, 6.45) is 2.56. The molecule has 0 spiro atoms. The minimum Gasteiger partial charge on any atom is -0.376 e. The van der Waals surface area contributed by atoms with Crippen LogP contribution in [-0.4, -0.2) is 32.4 Å². The average molecular weight is 377 g/mol. The van der Waals surface area contributed by atoms with Crippen LogP contribution in [-0.2, 0) is 17.0 Å². The maximum absolute atomic E-state index is 5.79. The lowest BCUT2D eigenvalue weighted by Crippen LogP contribution is -2.16. The van der Waals surface area contributed by atoms with E-state index in [-0.39, 0.29) is 0 Å². The Bertz CT molecular complexity index is 835. The van der Waals surface area contributed by atoms with Gasteiger partial charge in [0.25, 0.3) is 5.89 Å². The molecule has 0 bridgehead atoms. The lowest BCUT2D eigenvalue weighted by atomic mass is 10.2. The van der Waals surface area contributed by atoms with Crippen LogP contribution in [0.4, 0.5) is 0 Å². The molecule has 1 atom stereocenters. The van der Waals surface area contributed by atoms with Crippen molar-refractivity contribution in [2.75, 3.05) is 6.61 Å². The van der Waals surface area contributed by atoms with Crippen LogP contribution in [0, 0.1) is 13.8 Å². The molecule has 4 rings (SSSR count). The number of hydrogen-bond donors (Lipinski definition) is 0. The second kappa shape index (κ2) is 7.31. The minimum atomic E-state index is 0.294. The summed E-state index contributed by atoms with van der Waals surface area (Å²) in [5.74, 6) is 1.91. The molecule has 6 nitrogen and oxygen atoms in total. The predicted molar refractivity (Wildman–Crippen MR) is 97.8 cm³/mol. The first-order chi connectivity index (χ1) is 12.2. The van der Waals surface area contributed by atoms with Crippen LogP contribution in [0.5, 0.6) is 0 Å². The smallest absolute Gasteiger partial charge is 0.268 e. The molecule has 0 aromatic carbocycles. The summed E-state index contributed by atoms with van der Waals surface area (Å²) in [6, 6.07) is 3.96. The Kier molecular flexibility index (Phi) is 4.91. The number of thiophene rings is 1. The second-order valence-corrected chi connectivity index (χ2v) is 7.98. The van der Waals surface area contributed by atoms with Crippen LogP contribution < -0.4 is 0 Å². The molecule has 3 aromatic rings. The van der Waals surface area contributed by atoms with Crippen LogP contribution in [0.3, 0.4) is 0 Å². The summed E-state index contributed by atoms with van der Waals surface area (Å²) in [7, 11) is 0. The molecule has 1 aliphatic heterocycles. The Morgan fingerprint density at radius 1 is 1.36 bits per heavy atom. The molecule has 4 heterocycles. The highest BCUT2D eigenvalue weighted by Crippen LogP contribution is 2.28. The maximum atomic E-state index is 5.79. The summed E-state index contributed by atoms with van der Waals surface area (Å²) < 4.78 is 13.4. The zero-order chi connectivity index (χ0) is 17.2. The highest BCUT2D eigenvalue weighted by atomic mass is 32.2. The molecule has 1 aliphatic rings. The van der Waals surface area contributed by atoms with E-state index >= 15 is 0 Å². The molecule has 25 heavy (non-hydrogen) atoms. The fraction of sp³-hybridized carbons (Fsp3) is 0.471. The number of ether oxygens (including phenoxy) is 1. The van der Waals surface area contributed by atoms with Gasteiger partial charge in [0, 0.05) is 12.3 Å². The van der Waals surface area contributed by atoms with Gasteiger partial charge in [0.15, 0.2) is 11.0 Å². The first-order valence-electron chi connectivity index (χ1n) is 8.35. The van der Waals surface area contributed by atoms with Gasteiger partial charge < -0.3 is 13.8 Å². The standard InChI is InChI=1S/C17H20N4O2S2/c1-11-12(2)21(9-13-5-3-7-22-13)17(18-11)25-10-15-19-16(23-20-15)14-6-4-8-24-14/h4,6,8,13H,3,5,7,9-10H2,1-2H3/t13-/m1/s1. The molecule has 3 aromatic heterocycles. The number of aromatic nitrogens is 4. The van der Waals surface area contributed by atoms with E-state index in [1.54, 1.807) is 23.1 Å². The molecular formula is C17H20N4O2S2. The topological polar surface area (TPSA) is 66.0 Å². The van der Waals surface area contributed by atoms with E-state index in [1.807, 2.05) is 17.5 Å². The largest absolute Gasteiger partial charge is 0.376 e. The van der Waals surface area contributed by atoms with Gasteiger partial charge in [-0.1, -0.05) is 23.0 Å². The molecule has 0 amide bonds. The first-order valence-corrected chi connectivity index (χ1v) is 10.2. The third-order valence-electron chi connectivity index (χ3n) is 4.36. The van der Waals surface area contributed by atoms with Gasteiger partial charge in [0.1, 0.15) is 0 Å². The van der Waals surface area contributed by atoms with Crippen LogP contribution in [0.15, 0.2) is 27.2 Å². The van der Waals surface area contributed by atoms with Crippen LogP contribution in [0.1, 0.15) is 30.1 Å². The van der Waals surface area contributed by atoms with E-state index in [2.05, 4.69) is 28.6 Å². The Labute approximate surface area is 154 Å². The SMILES string of the molecule is Cc1nc(SCc2noc(-c3cccs3)n2)n(C[C@H]2CCCO2)c1C. The molecule has 0 aliphatic carbocycles. The number of imidazole rings is 1. The van der Waals surface area contributed by atoms with E-state index in [4.69, 9.17) is 14.2 Å². The highest BCUT2D eigenvalue weighted by molar-refractivity contribution is 7.98. The second-order valence-electron chi connectivity index (χ2n) is 6.09. The molecule has 0 unspecified atom stereocenters. The quantitative estimate of drug-likeness (QED) is 0.604. The van der Waals surface area contributed by atoms with Gasteiger partial charge >= 0.3 is 0 Å². The van der Waals surface area contributed by atoms with Crippen molar-refractivity contribution in [1.82, 2.24) is 19.7 Å². The third kappa shape index (κ3) is 3.65. The van der Waals surface area contributed by atoms with Gasteiger partial charge in [0.2, 0.25) is 0 Å². The summed E-state index contributed by atoms with van der Waals surface area (Å²) in [6.45, 7) is 5.90. The van der Waals surface area contributed by atoms with Crippen molar-refractivity contribution in [3.63, 3.8) is 0 Å². The predicted octanol–water partition coefficient (Wildman–Crippen LogP) is 4.08. The summed E-state index contributed by atoms with van der Waals surface area (Å²) in [4.78, 5) is 10.2. The first kappa shape index (κ1) is 16.8. The summed E-state index contributed by atoms with van der Waals surface area (Å²) >= 11 is 3.24. The molecule has 0 radical (unpaired) electrons. The molecule has 1 fully saturated rings. The van der Waals surface area contributed by atoms with Crippen molar-refractivity contribution in [1.29, 1.82) is 0 Å². The monoisotopic (exact) mass is 376 g/mol. The van der Waals surface area contributed by atoms with Crippen LogP contribution >= 0.6 is 23.1 Å². The van der Waals surface area contributed by atoms with E-state index in [1.165, 1.54) is 5.69 Å². The number of hydrogen-bond acceptors (Lipinski definition) is 7. The van der Waals surface area contributed by atoms with Gasteiger partial charge in [-0.3, -0.25) is 0 Å². The maximum Gasteiger partial charge on any atom is 0.268 e. The van der Waals surface area contributed by atoms with Gasteiger partial charge in [-0.2, -0.15) is 4.98 Å². The number of aryl methyl sites for hydroxylation is 1. The number of nitrogens with zero attached hydrogens (tertiary/aromatic N) is 4. The van der Waals surface area contributed by atoms with Gasteiger partial charge in [0.05, 0.1) is 29.0 Å². The highest BCUT2D eigenvalue weighted by Gasteiger charge is 2.21. The minimum absolute atomic E-state index is 0.294. The number of thioether (sulfide) groups is 1. The van der Waals surface area contributed by atoms with Crippen LogP contribution in [0.25, 0.3) is 10.8 Å². The Morgan fingerprint density at radius 2 is 2.28 bits per heavy atom. The molecular weight excluding hydrogens is 356 g/mol. The van der Waals surface area contributed by atoms with Crippen molar-refractivity contribution in [2.24, 2.45) is 0 Å². The van der Waals surface area contributed by atoms with Crippen molar-refractivity contribution in [2.45, 2.75) is 50.2 Å². The van der Waals surface area contributed by atoms with E-state index in [0.29, 0.717) is 23.6 Å². The molecule has 0 saturated carbocycles. The van der Waals surface area contributed by atoms with Gasteiger partial charge in [-0.05, 0) is 38.1 Å². The van der Waals surface area contributed by atoms with Gasteiger partial charge in [-0.15, -0.1) is 11.3 Å². The summed E-state index contributed by atoms with van der Waals surface area (Å²) in [5.41, 5.74) is 2.26. The van der Waals surface area contributed by atoms with Crippen molar-refractivity contribution in [3.8, 4) is 10.8 Å². The zero-order valence-electron chi connectivity index (χ0n) is 14.3. The fourth-order valence-corrected chi connectivity index (χ4v) is 4.47. The molecule has 8 heteroatoms. The van der Waals surface area contributed by atoms with E-state index < -0.39 is 0 Å². The number of rotatable bonds is 6. The Balaban J connectivity index is 1.46. The lowest BCUT2D eigenvalue weighted by Gasteiger charge is -2.14.